The average molecular weight is 456 g/mol. The fourth-order valence-corrected chi connectivity index (χ4v) is 3.96. The van der Waals surface area contributed by atoms with Crippen LogP contribution in [-0.2, 0) is 22.2 Å². The molecule has 1 saturated heterocycles. The number of nitrogens with one attached hydrogen (secondary N) is 1. The van der Waals surface area contributed by atoms with E-state index < -0.39 is 23.6 Å². The van der Waals surface area contributed by atoms with Crippen molar-refractivity contribution in [3.63, 3.8) is 0 Å². The summed E-state index contributed by atoms with van der Waals surface area (Å²) in [5.74, 6) is -1.01. The van der Waals surface area contributed by atoms with Crippen molar-refractivity contribution < 1.29 is 22.8 Å². The van der Waals surface area contributed by atoms with Crippen LogP contribution >= 0.6 is 0 Å². The lowest BCUT2D eigenvalue weighted by atomic mass is 9.96. The second-order valence-electron chi connectivity index (χ2n) is 8.01. The lowest BCUT2D eigenvalue weighted by Crippen LogP contribution is -2.44. The summed E-state index contributed by atoms with van der Waals surface area (Å²) in [5.41, 5.74) is 0.374. The second kappa shape index (κ2) is 9.48. The van der Waals surface area contributed by atoms with Gasteiger partial charge in [-0.25, -0.2) is 4.68 Å². The number of carbonyl (C=O) groups excluding carboxylic acids is 2. The molecule has 3 aromatic rings. The number of hydrogen-bond acceptors (Lipinski definition) is 3. The van der Waals surface area contributed by atoms with Gasteiger partial charge in [0.1, 0.15) is 0 Å². The normalized spacial score (nSPS) is 16.5. The molecular formula is C24H23F3N4O2. The molecule has 172 valence electrons. The van der Waals surface area contributed by atoms with Crippen molar-refractivity contribution in [1.82, 2.24) is 14.7 Å². The van der Waals surface area contributed by atoms with Crippen molar-refractivity contribution in [2.24, 2.45) is 5.92 Å². The quantitative estimate of drug-likeness (QED) is 0.622. The molecule has 2 heterocycles. The number of benzene rings is 2. The van der Waals surface area contributed by atoms with Crippen LogP contribution in [0.3, 0.4) is 0 Å². The lowest BCUT2D eigenvalue weighted by Gasteiger charge is -2.32. The van der Waals surface area contributed by atoms with Crippen LogP contribution in [0.5, 0.6) is 0 Å². The number of rotatable bonds is 5. The number of carbonyl (C=O) groups is 2. The molecule has 1 N–H and O–H groups in total. The van der Waals surface area contributed by atoms with Crippen LogP contribution in [0, 0.1) is 5.92 Å². The Labute approximate surface area is 189 Å². The van der Waals surface area contributed by atoms with Crippen LogP contribution in [0.2, 0.25) is 0 Å². The molecule has 1 aliphatic rings. The third-order valence-corrected chi connectivity index (χ3v) is 5.68. The molecule has 1 aliphatic heterocycles. The summed E-state index contributed by atoms with van der Waals surface area (Å²) in [6.45, 7) is 0.783. The fraction of sp³-hybridized carbons (Fsp3) is 0.292. The minimum absolute atomic E-state index is 0.0197. The first-order valence-corrected chi connectivity index (χ1v) is 10.6. The maximum Gasteiger partial charge on any atom is 0.416 e. The van der Waals surface area contributed by atoms with Gasteiger partial charge in [-0.3, -0.25) is 9.59 Å². The van der Waals surface area contributed by atoms with Gasteiger partial charge in [0.25, 0.3) is 0 Å². The number of hydrogen-bond donors (Lipinski definition) is 1. The van der Waals surface area contributed by atoms with Crippen molar-refractivity contribution in [3.8, 4) is 5.69 Å². The van der Waals surface area contributed by atoms with Crippen molar-refractivity contribution in [3.05, 3.63) is 78.1 Å². The van der Waals surface area contributed by atoms with E-state index >= 15 is 0 Å². The number of likely N-dealkylation sites (tertiary alicyclic amines) is 1. The summed E-state index contributed by atoms with van der Waals surface area (Å²) < 4.78 is 41.2. The summed E-state index contributed by atoms with van der Waals surface area (Å²) in [4.78, 5) is 27.4. The zero-order valence-corrected chi connectivity index (χ0v) is 17.8. The van der Waals surface area contributed by atoms with Crippen molar-refractivity contribution >= 4 is 17.5 Å². The number of aromatic nitrogens is 2. The summed E-state index contributed by atoms with van der Waals surface area (Å²) in [7, 11) is 0. The second-order valence-corrected chi connectivity index (χ2v) is 8.01. The first-order chi connectivity index (χ1) is 15.8. The Hall–Kier alpha value is -3.62. The SMILES string of the molecule is O=C(Nc1cc(C(F)(F)F)ccc1-n1cccn1)C1CCCN(C(=O)Cc2ccccc2)C1. The van der Waals surface area contributed by atoms with Gasteiger partial charge in [-0.2, -0.15) is 18.3 Å². The van der Waals surface area contributed by atoms with Gasteiger partial charge in [0.05, 0.1) is 29.3 Å². The molecule has 0 radical (unpaired) electrons. The number of piperidine rings is 1. The van der Waals surface area contributed by atoms with Gasteiger partial charge in [0.15, 0.2) is 0 Å². The van der Waals surface area contributed by atoms with E-state index in [0.717, 1.165) is 17.7 Å². The molecule has 1 fully saturated rings. The van der Waals surface area contributed by atoms with E-state index in [1.165, 1.54) is 16.9 Å². The highest BCUT2D eigenvalue weighted by Crippen LogP contribution is 2.33. The molecule has 2 amide bonds. The maximum absolute atomic E-state index is 13.3. The zero-order valence-electron chi connectivity index (χ0n) is 17.8. The highest BCUT2D eigenvalue weighted by molar-refractivity contribution is 5.95. The molecule has 0 saturated carbocycles. The molecule has 1 atom stereocenters. The molecule has 0 bridgehead atoms. The molecule has 1 aromatic heterocycles. The lowest BCUT2D eigenvalue weighted by molar-refractivity contribution is -0.138. The molecule has 9 heteroatoms. The Kier molecular flexibility index (Phi) is 6.48. The number of anilines is 1. The van der Waals surface area contributed by atoms with Crippen LogP contribution in [0.15, 0.2) is 67.0 Å². The standard InChI is InChI=1S/C24H23F3N4O2/c25-24(26,27)19-9-10-21(31-13-5-11-28-31)20(15-19)29-23(33)18-8-4-12-30(16-18)22(32)14-17-6-2-1-3-7-17/h1-3,5-7,9-11,13,15,18H,4,8,12,14,16H2,(H,29,33). The highest BCUT2D eigenvalue weighted by Gasteiger charge is 2.33. The van der Waals surface area contributed by atoms with E-state index in [9.17, 15) is 22.8 Å². The molecule has 2 aromatic carbocycles. The van der Waals surface area contributed by atoms with Gasteiger partial charge in [0, 0.05) is 25.5 Å². The molecule has 33 heavy (non-hydrogen) atoms. The third-order valence-electron chi connectivity index (χ3n) is 5.68. The smallest absolute Gasteiger partial charge is 0.342 e. The van der Waals surface area contributed by atoms with Crippen LogP contribution in [0.25, 0.3) is 5.69 Å². The van der Waals surface area contributed by atoms with Crippen molar-refractivity contribution in [2.45, 2.75) is 25.4 Å². The number of amides is 2. The molecule has 6 nitrogen and oxygen atoms in total. The molecule has 0 aliphatic carbocycles. The van der Waals surface area contributed by atoms with Crippen molar-refractivity contribution in [1.29, 1.82) is 0 Å². The predicted octanol–water partition coefficient (Wildman–Crippen LogP) is 4.31. The van der Waals surface area contributed by atoms with Crippen LogP contribution < -0.4 is 5.32 Å². The number of nitrogens with zero attached hydrogens (tertiary/aromatic N) is 3. The van der Waals surface area contributed by atoms with Gasteiger partial charge in [-0.05, 0) is 42.7 Å². The van der Waals surface area contributed by atoms with Gasteiger partial charge in [0.2, 0.25) is 11.8 Å². The van der Waals surface area contributed by atoms with Crippen LogP contribution in [0.1, 0.15) is 24.0 Å². The third kappa shape index (κ3) is 5.42. The Morgan fingerprint density at radius 2 is 1.88 bits per heavy atom. The van der Waals surface area contributed by atoms with E-state index in [1.807, 2.05) is 30.3 Å². The zero-order chi connectivity index (χ0) is 23.4. The maximum atomic E-state index is 13.3. The van der Waals surface area contributed by atoms with E-state index in [1.54, 1.807) is 17.2 Å². The Bertz CT molecular complexity index is 1110. The van der Waals surface area contributed by atoms with Crippen molar-refractivity contribution in [2.75, 3.05) is 18.4 Å². The number of halogens is 3. The summed E-state index contributed by atoms with van der Waals surface area (Å²) in [6.07, 6.45) is -0.0203. The minimum atomic E-state index is -4.55. The fourth-order valence-electron chi connectivity index (χ4n) is 3.96. The topological polar surface area (TPSA) is 67.2 Å². The minimum Gasteiger partial charge on any atom is -0.342 e. The summed E-state index contributed by atoms with van der Waals surface area (Å²) >= 11 is 0. The Morgan fingerprint density at radius 3 is 2.58 bits per heavy atom. The van der Waals surface area contributed by atoms with E-state index in [4.69, 9.17) is 0 Å². The molecule has 4 rings (SSSR count). The monoisotopic (exact) mass is 456 g/mol. The predicted molar refractivity (Wildman–Crippen MR) is 117 cm³/mol. The van der Waals surface area contributed by atoms with Gasteiger partial charge in [-0.15, -0.1) is 0 Å². The largest absolute Gasteiger partial charge is 0.416 e. The molecular weight excluding hydrogens is 433 g/mol. The van der Waals surface area contributed by atoms with Crippen LogP contribution in [-0.4, -0.2) is 39.6 Å². The first kappa shape index (κ1) is 22.6. The van der Waals surface area contributed by atoms with Gasteiger partial charge < -0.3 is 10.2 Å². The van der Waals surface area contributed by atoms with E-state index in [2.05, 4.69) is 10.4 Å². The van der Waals surface area contributed by atoms with Gasteiger partial charge >= 0.3 is 6.18 Å². The average Bonchev–Trinajstić information content (AvgIpc) is 3.34. The van der Waals surface area contributed by atoms with Gasteiger partial charge in [-0.1, -0.05) is 30.3 Å². The Balaban J connectivity index is 1.49. The van der Waals surface area contributed by atoms with E-state index in [-0.39, 0.29) is 24.6 Å². The first-order valence-electron chi connectivity index (χ1n) is 10.6. The Morgan fingerprint density at radius 1 is 1.09 bits per heavy atom. The number of alkyl halides is 3. The van der Waals surface area contributed by atoms with E-state index in [0.29, 0.717) is 25.1 Å². The molecule has 1 unspecified atom stereocenters. The summed E-state index contributed by atoms with van der Waals surface area (Å²) in [5, 5.41) is 6.72. The van der Waals surface area contributed by atoms with Crippen LogP contribution in [0.4, 0.5) is 18.9 Å². The highest BCUT2D eigenvalue weighted by atomic mass is 19.4. The molecule has 0 spiro atoms. The summed E-state index contributed by atoms with van der Waals surface area (Å²) in [6, 6.07) is 14.1.